The highest BCUT2D eigenvalue weighted by Gasteiger charge is 2.30. The van der Waals surface area contributed by atoms with E-state index in [2.05, 4.69) is 9.88 Å². The quantitative estimate of drug-likeness (QED) is 0.856. The second-order valence-electron chi connectivity index (χ2n) is 7.11. The van der Waals surface area contributed by atoms with Crippen LogP contribution in [-0.2, 0) is 9.53 Å². The maximum Gasteiger partial charge on any atom is 0.259 e. The van der Waals surface area contributed by atoms with E-state index in [-0.39, 0.29) is 17.7 Å². The average Bonchev–Trinajstić information content (AvgIpc) is 3.09. The van der Waals surface area contributed by atoms with Crippen molar-refractivity contribution in [3.63, 3.8) is 0 Å². The molecule has 0 aliphatic carbocycles. The lowest BCUT2D eigenvalue weighted by Crippen LogP contribution is -2.46. The number of rotatable bonds is 4. The molecule has 27 heavy (non-hydrogen) atoms. The van der Waals surface area contributed by atoms with Crippen LogP contribution in [-0.4, -0.2) is 72.5 Å². The lowest BCUT2D eigenvalue weighted by Gasteiger charge is -2.34. The standard InChI is InChI=1S/C19H24N4O3S/c20-18(25)17-16(14-2-1-5-21-19(14)27-17)13-3-6-23(7-4-13)15(24)12-22-8-10-26-11-9-22/h1-2,5,13H,3-4,6-12H2,(H2,20,25). The minimum atomic E-state index is -0.390. The summed E-state index contributed by atoms with van der Waals surface area (Å²) in [4.78, 5) is 34.5. The van der Waals surface area contributed by atoms with Gasteiger partial charge in [0.1, 0.15) is 4.83 Å². The Morgan fingerprint density at radius 2 is 1.96 bits per heavy atom. The van der Waals surface area contributed by atoms with Crippen LogP contribution in [0.15, 0.2) is 18.3 Å². The third kappa shape index (κ3) is 3.83. The van der Waals surface area contributed by atoms with Crippen molar-refractivity contribution in [1.29, 1.82) is 0 Å². The number of carbonyl (C=O) groups is 2. The van der Waals surface area contributed by atoms with E-state index in [0.29, 0.717) is 37.7 Å². The van der Waals surface area contributed by atoms with E-state index >= 15 is 0 Å². The van der Waals surface area contributed by atoms with Gasteiger partial charge in [-0.3, -0.25) is 14.5 Å². The zero-order chi connectivity index (χ0) is 18.8. The molecule has 0 bridgehead atoms. The molecule has 0 atom stereocenters. The first-order valence-corrected chi connectivity index (χ1v) is 10.2. The Bertz CT molecular complexity index is 839. The van der Waals surface area contributed by atoms with Gasteiger partial charge in [-0.25, -0.2) is 4.98 Å². The molecule has 7 nitrogen and oxygen atoms in total. The number of morpholine rings is 1. The molecule has 0 unspecified atom stereocenters. The molecule has 2 aromatic heterocycles. The van der Waals surface area contributed by atoms with Gasteiger partial charge in [-0.15, -0.1) is 11.3 Å². The minimum absolute atomic E-state index is 0.183. The number of nitrogens with zero attached hydrogens (tertiary/aromatic N) is 3. The number of carbonyl (C=O) groups excluding carboxylic acids is 2. The summed E-state index contributed by atoms with van der Waals surface area (Å²) in [7, 11) is 0. The molecule has 2 aliphatic rings. The van der Waals surface area contributed by atoms with Gasteiger partial charge in [0.05, 0.1) is 24.6 Å². The molecular formula is C19H24N4O3S. The summed E-state index contributed by atoms with van der Waals surface area (Å²) in [5, 5.41) is 1.02. The summed E-state index contributed by atoms with van der Waals surface area (Å²) in [6.45, 7) is 4.92. The zero-order valence-corrected chi connectivity index (χ0v) is 16.0. The third-order valence-electron chi connectivity index (χ3n) is 5.45. The van der Waals surface area contributed by atoms with Gasteiger partial charge >= 0.3 is 0 Å². The topological polar surface area (TPSA) is 88.8 Å². The number of primary amides is 1. The lowest BCUT2D eigenvalue weighted by molar-refractivity contribution is -0.134. The number of aromatic nitrogens is 1. The smallest absolute Gasteiger partial charge is 0.259 e. The Kier molecular flexibility index (Phi) is 5.38. The van der Waals surface area contributed by atoms with E-state index in [0.717, 1.165) is 41.7 Å². The number of ether oxygens (including phenoxy) is 1. The van der Waals surface area contributed by atoms with Crippen molar-refractivity contribution < 1.29 is 14.3 Å². The molecular weight excluding hydrogens is 364 g/mol. The Balaban J connectivity index is 1.45. The van der Waals surface area contributed by atoms with Crippen molar-refractivity contribution >= 4 is 33.4 Å². The van der Waals surface area contributed by atoms with Crippen LogP contribution in [0.25, 0.3) is 10.2 Å². The molecule has 0 radical (unpaired) electrons. The highest BCUT2D eigenvalue weighted by Crippen LogP contribution is 2.39. The highest BCUT2D eigenvalue weighted by atomic mass is 32.1. The lowest BCUT2D eigenvalue weighted by atomic mass is 9.87. The molecule has 4 rings (SSSR count). The molecule has 2 saturated heterocycles. The molecule has 2 aromatic rings. The van der Waals surface area contributed by atoms with Gasteiger partial charge in [0, 0.05) is 37.8 Å². The number of nitrogens with two attached hydrogens (primary N) is 1. The number of thiophene rings is 1. The molecule has 0 spiro atoms. The SMILES string of the molecule is NC(=O)c1sc2ncccc2c1C1CCN(C(=O)CN2CCOCC2)CC1. The molecule has 2 fully saturated rings. The fraction of sp³-hybridized carbons (Fsp3) is 0.526. The van der Waals surface area contributed by atoms with Crippen LogP contribution < -0.4 is 5.73 Å². The number of hydrogen-bond acceptors (Lipinski definition) is 6. The van der Waals surface area contributed by atoms with E-state index in [1.807, 2.05) is 17.0 Å². The fourth-order valence-corrected chi connectivity index (χ4v) is 5.09. The van der Waals surface area contributed by atoms with Crippen LogP contribution in [0.5, 0.6) is 0 Å². The number of fused-ring (bicyclic) bond motifs is 1. The highest BCUT2D eigenvalue weighted by molar-refractivity contribution is 7.20. The van der Waals surface area contributed by atoms with E-state index in [9.17, 15) is 9.59 Å². The van der Waals surface area contributed by atoms with Gasteiger partial charge < -0.3 is 15.4 Å². The van der Waals surface area contributed by atoms with E-state index in [4.69, 9.17) is 10.5 Å². The minimum Gasteiger partial charge on any atom is -0.379 e. The largest absolute Gasteiger partial charge is 0.379 e. The van der Waals surface area contributed by atoms with Crippen molar-refractivity contribution in [2.24, 2.45) is 5.73 Å². The van der Waals surface area contributed by atoms with Crippen LogP contribution in [0.4, 0.5) is 0 Å². The van der Waals surface area contributed by atoms with Gasteiger partial charge in [0.2, 0.25) is 5.91 Å². The molecule has 0 saturated carbocycles. The summed E-state index contributed by atoms with van der Waals surface area (Å²) >= 11 is 1.37. The van der Waals surface area contributed by atoms with E-state index in [1.54, 1.807) is 6.20 Å². The number of hydrogen-bond donors (Lipinski definition) is 1. The van der Waals surface area contributed by atoms with E-state index < -0.39 is 0 Å². The van der Waals surface area contributed by atoms with E-state index in [1.165, 1.54) is 11.3 Å². The molecule has 2 aliphatic heterocycles. The second-order valence-corrected chi connectivity index (χ2v) is 8.11. The first kappa shape index (κ1) is 18.3. The van der Waals surface area contributed by atoms with Crippen molar-refractivity contribution in [3.05, 3.63) is 28.8 Å². The number of amides is 2. The Morgan fingerprint density at radius 3 is 2.67 bits per heavy atom. The van der Waals surface area contributed by atoms with Crippen molar-refractivity contribution in [2.75, 3.05) is 45.9 Å². The Morgan fingerprint density at radius 1 is 1.22 bits per heavy atom. The molecule has 8 heteroatoms. The van der Waals surface area contributed by atoms with Crippen molar-refractivity contribution in [3.8, 4) is 0 Å². The van der Waals surface area contributed by atoms with Gasteiger partial charge in [0.15, 0.2) is 0 Å². The normalized spacial score (nSPS) is 19.5. The van der Waals surface area contributed by atoms with Gasteiger partial charge in [-0.05, 0) is 30.4 Å². The maximum atomic E-state index is 12.6. The van der Waals surface area contributed by atoms with Crippen LogP contribution in [0.3, 0.4) is 0 Å². The van der Waals surface area contributed by atoms with Crippen LogP contribution >= 0.6 is 11.3 Å². The van der Waals surface area contributed by atoms with Gasteiger partial charge in [-0.2, -0.15) is 0 Å². The summed E-state index contributed by atoms with van der Waals surface area (Å²) in [5.74, 6) is 0.0269. The van der Waals surface area contributed by atoms with Crippen LogP contribution in [0, 0.1) is 0 Å². The molecule has 2 amide bonds. The molecule has 2 N–H and O–H groups in total. The summed E-state index contributed by atoms with van der Waals surface area (Å²) in [5.41, 5.74) is 6.65. The number of piperidine rings is 1. The number of likely N-dealkylation sites (tertiary alicyclic amines) is 1. The summed E-state index contributed by atoms with van der Waals surface area (Å²) in [6, 6.07) is 3.90. The second kappa shape index (κ2) is 7.92. The van der Waals surface area contributed by atoms with Crippen LogP contribution in [0.2, 0.25) is 0 Å². The number of pyridine rings is 1. The Labute approximate surface area is 162 Å². The van der Waals surface area contributed by atoms with Gasteiger partial charge in [0.25, 0.3) is 5.91 Å². The predicted octanol–water partition coefficient (Wildman–Crippen LogP) is 1.43. The zero-order valence-electron chi connectivity index (χ0n) is 15.2. The third-order valence-corrected chi connectivity index (χ3v) is 6.59. The summed E-state index contributed by atoms with van der Waals surface area (Å²) < 4.78 is 5.34. The maximum absolute atomic E-state index is 12.6. The van der Waals surface area contributed by atoms with Crippen molar-refractivity contribution in [2.45, 2.75) is 18.8 Å². The first-order chi connectivity index (χ1) is 13.1. The monoisotopic (exact) mass is 388 g/mol. The average molecular weight is 388 g/mol. The fourth-order valence-electron chi connectivity index (χ4n) is 4.01. The Hall–Kier alpha value is -2.03. The van der Waals surface area contributed by atoms with Crippen molar-refractivity contribution in [1.82, 2.24) is 14.8 Å². The first-order valence-electron chi connectivity index (χ1n) is 9.38. The molecule has 0 aromatic carbocycles. The molecule has 144 valence electrons. The predicted molar refractivity (Wildman–Crippen MR) is 104 cm³/mol. The van der Waals surface area contributed by atoms with Gasteiger partial charge in [-0.1, -0.05) is 6.07 Å². The molecule has 4 heterocycles. The summed E-state index contributed by atoms with van der Waals surface area (Å²) in [6.07, 6.45) is 3.42. The van der Waals surface area contributed by atoms with Crippen LogP contribution in [0.1, 0.15) is 34.0 Å².